The number of amides is 1. The fraction of sp³-hybridized carbons (Fsp3) is 0.917. The molecule has 0 saturated carbocycles. The Kier molecular flexibility index (Phi) is 4.33. The van der Waals surface area contributed by atoms with Gasteiger partial charge in [0.15, 0.2) is 0 Å². The summed E-state index contributed by atoms with van der Waals surface area (Å²) in [6, 6.07) is -0.119. The molecule has 0 aliphatic carbocycles. The first-order chi connectivity index (χ1) is 7.34. The minimum absolute atomic E-state index is 0.00176. The highest BCUT2D eigenvalue weighted by Gasteiger charge is 2.32. The van der Waals surface area contributed by atoms with Crippen LogP contribution in [0.15, 0.2) is 0 Å². The summed E-state index contributed by atoms with van der Waals surface area (Å²) in [5.41, 5.74) is -0.573. The molecule has 1 heterocycles. The normalized spacial score (nSPS) is 28.6. The Bertz CT molecular complexity index is 251. The smallest absolute Gasteiger partial charge is 0.237 e. The third-order valence-electron chi connectivity index (χ3n) is 3.54. The molecule has 0 aromatic heterocycles. The van der Waals surface area contributed by atoms with Crippen LogP contribution >= 0.6 is 0 Å². The SMILES string of the molecule is CC1CCCNC1C(=O)NC(C)(C)C(C)O. The molecule has 3 atom stereocenters. The summed E-state index contributed by atoms with van der Waals surface area (Å²) in [7, 11) is 0. The minimum Gasteiger partial charge on any atom is -0.391 e. The zero-order valence-electron chi connectivity index (χ0n) is 10.7. The lowest BCUT2D eigenvalue weighted by molar-refractivity contribution is -0.127. The second-order valence-electron chi connectivity index (χ2n) is 5.44. The van der Waals surface area contributed by atoms with Gasteiger partial charge >= 0.3 is 0 Å². The average molecular weight is 228 g/mol. The van der Waals surface area contributed by atoms with Crippen molar-refractivity contribution in [2.24, 2.45) is 5.92 Å². The van der Waals surface area contributed by atoms with Crippen LogP contribution in [0.5, 0.6) is 0 Å². The Balaban J connectivity index is 2.57. The second-order valence-corrected chi connectivity index (χ2v) is 5.44. The van der Waals surface area contributed by atoms with E-state index in [0.29, 0.717) is 5.92 Å². The van der Waals surface area contributed by atoms with Crippen LogP contribution in [0.4, 0.5) is 0 Å². The second kappa shape index (κ2) is 5.15. The van der Waals surface area contributed by atoms with Gasteiger partial charge in [0, 0.05) is 0 Å². The molecule has 3 unspecified atom stereocenters. The van der Waals surface area contributed by atoms with Gasteiger partial charge in [-0.1, -0.05) is 6.92 Å². The number of aliphatic hydroxyl groups excluding tert-OH is 1. The van der Waals surface area contributed by atoms with Crippen molar-refractivity contribution in [3.8, 4) is 0 Å². The molecule has 0 radical (unpaired) electrons. The molecule has 1 rings (SSSR count). The summed E-state index contributed by atoms with van der Waals surface area (Å²) in [6.45, 7) is 8.35. The molecule has 0 spiro atoms. The highest BCUT2D eigenvalue weighted by atomic mass is 16.3. The van der Waals surface area contributed by atoms with Crippen molar-refractivity contribution in [2.75, 3.05) is 6.54 Å². The summed E-state index contributed by atoms with van der Waals surface area (Å²) in [5.74, 6) is 0.358. The quantitative estimate of drug-likeness (QED) is 0.664. The lowest BCUT2D eigenvalue weighted by Crippen LogP contribution is -2.58. The molecular weight excluding hydrogens is 204 g/mol. The lowest BCUT2D eigenvalue weighted by Gasteiger charge is -2.35. The van der Waals surface area contributed by atoms with E-state index in [1.54, 1.807) is 6.92 Å². The van der Waals surface area contributed by atoms with Crippen LogP contribution in [-0.2, 0) is 4.79 Å². The molecule has 1 amide bonds. The van der Waals surface area contributed by atoms with Crippen molar-refractivity contribution in [1.29, 1.82) is 0 Å². The number of hydrogen-bond acceptors (Lipinski definition) is 3. The van der Waals surface area contributed by atoms with Crippen LogP contribution < -0.4 is 10.6 Å². The number of carbonyl (C=O) groups excluding carboxylic acids is 1. The van der Waals surface area contributed by atoms with Crippen molar-refractivity contribution in [3.63, 3.8) is 0 Å². The Hall–Kier alpha value is -0.610. The summed E-state index contributed by atoms with van der Waals surface area (Å²) in [5, 5.41) is 15.7. The van der Waals surface area contributed by atoms with Gasteiger partial charge in [-0.2, -0.15) is 0 Å². The highest BCUT2D eigenvalue weighted by molar-refractivity contribution is 5.82. The number of carbonyl (C=O) groups is 1. The van der Waals surface area contributed by atoms with Gasteiger partial charge in [-0.3, -0.25) is 4.79 Å². The molecule has 1 fully saturated rings. The van der Waals surface area contributed by atoms with E-state index in [-0.39, 0.29) is 11.9 Å². The number of hydrogen-bond donors (Lipinski definition) is 3. The summed E-state index contributed by atoms with van der Waals surface area (Å²) < 4.78 is 0. The standard InChI is InChI=1S/C12H24N2O2/c1-8-6-5-7-13-10(8)11(16)14-12(3,4)9(2)15/h8-10,13,15H,5-7H2,1-4H3,(H,14,16). The first-order valence-corrected chi connectivity index (χ1v) is 6.08. The van der Waals surface area contributed by atoms with Crippen LogP contribution in [0.3, 0.4) is 0 Å². The fourth-order valence-electron chi connectivity index (χ4n) is 1.90. The van der Waals surface area contributed by atoms with Crippen molar-refractivity contribution >= 4 is 5.91 Å². The van der Waals surface area contributed by atoms with E-state index in [9.17, 15) is 9.90 Å². The molecule has 1 aliphatic rings. The maximum Gasteiger partial charge on any atom is 0.237 e. The first-order valence-electron chi connectivity index (χ1n) is 6.08. The fourth-order valence-corrected chi connectivity index (χ4v) is 1.90. The number of rotatable bonds is 3. The van der Waals surface area contributed by atoms with E-state index < -0.39 is 11.6 Å². The van der Waals surface area contributed by atoms with Crippen molar-refractivity contribution in [1.82, 2.24) is 10.6 Å². The third-order valence-corrected chi connectivity index (χ3v) is 3.54. The van der Waals surface area contributed by atoms with Crippen molar-refractivity contribution in [3.05, 3.63) is 0 Å². The Morgan fingerprint density at radius 3 is 2.69 bits per heavy atom. The maximum atomic E-state index is 12.0. The van der Waals surface area contributed by atoms with Crippen LogP contribution in [0.1, 0.15) is 40.5 Å². The molecule has 4 heteroatoms. The van der Waals surface area contributed by atoms with Gasteiger partial charge in [0.1, 0.15) is 0 Å². The number of nitrogens with one attached hydrogen (secondary N) is 2. The zero-order chi connectivity index (χ0) is 12.3. The molecule has 1 aliphatic heterocycles. The van der Waals surface area contributed by atoms with Gasteiger partial charge in [-0.15, -0.1) is 0 Å². The van der Waals surface area contributed by atoms with Gasteiger partial charge in [0.25, 0.3) is 0 Å². The molecule has 94 valence electrons. The van der Waals surface area contributed by atoms with E-state index in [4.69, 9.17) is 0 Å². The molecule has 0 aromatic rings. The van der Waals surface area contributed by atoms with Gasteiger partial charge < -0.3 is 15.7 Å². The highest BCUT2D eigenvalue weighted by Crippen LogP contribution is 2.17. The topological polar surface area (TPSA) is 61.4 Å². The van der Waals surface area contributed by atoms with E-state index in [0.717, 1.165) is 19.4 Å². The van der Waals surface area contributed by atoms with Crippen LogP contribution in [0.25, 0.3) is 0 Å². The van der Waals surface area contributed by atoms with E-state index >= 15 is 0 Å². The molecule has 16 heavy (non-hydrogen) atoms. The van der Waals surface area contributed by atoms with E-state index in [1.807, 2.05) is 13.8 Å². The third kappa shape index (κ3) is 3.19. The number of piperidine rings is 1. The van der Waals surface area contributed by atoms with Gasteiger partial charge in [0.2, 0.25) is 5.91 Å². The molecule has 3 N–H and O–H groups in total. The lowest BCUT2D eigenvalue weighted by atomic mass is 9.90. The Morgan fingerprint density at radius 1 is 1.56 bits per heavy atom. The van der Waals surface area contributed by atoms with Crippen LogP contribution in [0.2, 0.25) is 0 Å². The van der Waals surface area contributed by atoms with E-state index in [1.165, 1.54) is 0 Å². The van der Waals surface area contributed by atoms with Gasteiger partial charge in [-0.25, -0.2) is 0 Å². The molecular formula is C12H24N2O2. The summed E-state index contributed by atoms with van der Waals surface area (Å²) in [6.07, 6.45) is 1.65. The monoisotopic (exact) mass is 228 g/mol. The van der Waals surface area contributed by atoms with Gasteiger partial charge in [-0.05, 0) is 46.1 Å². The predicted octanol–water partition coefficient (Wildman–Crippen LogP) is 0.650. The Labute approximate surface area is 97.8 Å². The summed E-state index contributed by atoms with van der Waals surface area (Å²) in [4.78, 5) is 12.0. The maximum absolute atomic E-state index is 12.0. The Morgan fingerprint density at radius 2 is 2.19 bits per heavy atom. The molecule has 0 bridgehead atoms. The largest absolute Gasteiger partial charge is 0.391 e. The molecule has 1 saturated heterocycles. The van der Waals surface area contributed by atoms with Crippen LogP contribution in [0, 0.1) is 5.92 Å². The van der Waals surface area contributed by atoms with E-state index in [2.05, 4.69) is 17.6 Å². The predicted molar refractivity (Wildman–Crippen MR) is 64.1 cm³/mol. The number of aliphatic hydroxyl groups is 1. The van der Waals surface area contributed by atoms with Crippen LogP contribution in [-0.4, -0.2) is 35.2 Å². The molecule has 0 aromatic carbocycles. The average Bonchev–Trinajstić information content (AvgIpc) is 2.17. The minimum atomic E-state index is -0.573. The van der Waals surface area contributed by atoms with Gasteiger partial charge in [0.05, 0.1) is 17.7 Å². The van der Waals surface area contributed by atoms with Crippen molar-refractivity contribution in [2.45, 2.75) is 58.2 Å². The zero-order valence-corrected chi connectivity index (χ0v) is 10.7. The first kappa shape index (κ1) is 13.5. The molecule has 4 nitrogen and oxygen atoms in total. The summed E-state index contributed by atoms with van der Waals surface area (Å²) >= 11 is 0. The van der Waals surface area contributed by atoms with Crippen molar-refractivity contribution < 1.29 is 9.90 Å².